The van der Waals surface area contributed by atoms with Crippen LogP contribution in [0.5, 0.6) is 0 Å². The number of hydrogen-bond donors (Lipinski definition) is 0. The van der Waals surface area contributed by atoms with Crippen molar-refractivity contribution in [2.45, 2.75) is 25.4 Å². The minimum atomic E-state index is -0.949. The second kappa shape index (κ2) is 5.12. The van der Waals surface area contributed by atoms with Gasteiger partial charge < -0.3 is 18.5 Å². The SMILES string of the molecule is CC1COC(Cn2ccnc2)(c2occ3cc(Cl)ccc23)O1. The smallest absolute Gasteiger partial charge is 0.248 e. The number of fused-ring (bicyclic) bond motifs is 1. The Morgan fingerprint density at radius 1 is 1.45 bits per heavy atom. The predicted octanol–water partition coefficient (Wildman–Crippen LogP) is 3.57. The number of nitrogens with zero attached hydrogens (tertiary/aromatic N) is 2. The fourth-order valence-electron chi connectivity index (χ4n) is 2.86. The average Bonchev–Trinajstić information content (AvgIpc) is 3.19. The molecule has 2 atom stereocenters. The highest BCUT2D eigenvalue weighted by Gasteiger charge is 2.46. The van der Waals surface area contributed by atoms with E-state index in [4.69, 9.17) is 25.5 Å². The molecule has 0 aliphatic carbocycles. The van der Waals surface area contributed by atoms with Crippen molar-refractivity contribution in [3.8, 4) is 0 Å². The third-order valence-corrected chi connectivity index (χ3v) is 4.04. The summed E-state index contributed by atoms with van der Waals surface area (Å²) in [6.45, 7) is 2.98. The Kier molecular flexibility index (Phi) is 3.22. The molecule has 1 fully saturated rings. The van der Waals surface area contributed by atoms with Gasteiger partial charge in [-0.1, -0.05) is 11.6 Å². The summed E-state index contributed by atoms with van der Waals surface area (Å²) in [5, 5.41) is 2.54. The molecule has 2 aromatic heterocycles. The molecule has 22 heavy (non-hydrogen) atoms. The van der Waals surface area contributed by atoms with Crippen LogP contribution in [0.3, 0.4) is 0 Å². The zero-order chi connectivity index (χ0) is 15.2. The molecule has 0 N–H and O–H groups in total. The van der Waals surface area contributed by atoms with Crippen molar-refractivity contribution < 1.29 is 13.9 Å². The molecule has 3 aromatic rings. The Morgan fingerprint density at radius 2 is 2.36 bits per heavy atom. The maximum Gasteiger partial charge on any atom is 0.248 e. The number of imidazole rings is 1. The minimum Gasteiger partial charge on any atom is -0.462 e. The second-order valence-corrected chi connectivity index (χ2v) is 5.96. The third-order valence-electron chi connectivity index (χ3n) is 3.80. The highest BCUT2D eigenvalue weighted by atomic mass is 35.5. The summed E-state index contributed by atoms with van der Waals surface area (Å²) in [6, 6.07) is 5.64. The molecule has 3 heterocycles. The van der Waals surface area contributed by atoms with Crippen molar-refractivity contribution in [3.63, 3.8) is 0 Å². The Labute approximate surface area is 132 Å². The molecule has 4 rings (SSSR count). The molecule has 2 unspecified atom stereocenters. The van der Waals surface area contributed by atoms with E-state index in [9.17, 15) is 0 Å². The van der Waals surface area contributed by atoms with E-state index in [-0.39, 0.29) is 6.10 Å². The number of halogens is 1. The highest BCUT2D eigenvalue weighted by molar-refractivity contribution is 6.31. The standard InChI is InChI=1S/C16H15ClN2O3/c1-11-7-21-16(22-11,9-19-5-4-18-10-19)15-14-3-2-13(17)6-12(14)8-20-15/h2-6,8,10-11H,7,9H2,1H3. The molecule has 0 radical (unpaired) electrons. The van der Waals surface area contributed by atoms with E-state index in [1.165, 1.54) is 0 Å². The molecule has 1 aromatic carbocycles. The molecule has 1 aliphatic rings. The van der Waals surface area contributed by atoms with Gasteiger partial charge in [-0.25, -0.2) is 4.98 Å². The van der Waals surface area contributed by atoms with Crippen LogP contribution in [0.1, 0.15) is 12.7 Å². The molecular weight excluding hydrogens is 304 g/mol. The van der Waals surface area contributed by atoms with Gasteiger partial charge in [0.2, 0.25) is 5.79 Å². The lowest BCUT2D eigenvalue weighted by atomic mass is 10.1. The quantitative estimate of drug-likeness (QED) is 0.740. The molecule has 0 saturated carbocycles. The Morgan fingerprint density at radius 3 is 3.09 bits per heavy atom. The summed E-state index contributed by atoms with van der Waals surface area (Å²) >= 11 is 6.04. The van der Waals surface area contributed by atoms with E-state index in [1.807, 2.05) is 35.9 Å². The summed E-state index contributed by atoms with van der Waals surface area (Å²) in [6.07, 6.45) is 7.02. The monoisotopic (exact) mass is 318 g/mol. The van der Waals surface area contributed by atoms with E-state index in [2.05, 4.69) is 4.98 Å². The Balaban J connectivity index is 1.82. The molecule has 1 aliphatic heterocycles. The van der Waals surface area contributed by atoms with Crippen LogP contribution < -0.4 is 0 Å². The zero-order valence-electron chi connectivity index (χ0n) is 12.0. The van der Waals surface area contributed by atoms with Gasteiger partial charge >= 0.3 is 0 Å². The number of aromatic nitrogens is 2. The fourth-order valence-corrected chi connectivity index (χ4v) is 3.04. The van der Waals surface area contributed by atoms with Gasteiger partial charge in [-0.3, -0.25) is 0 Å². The van der Waals surface area contributed by atoms with Crippen molar-refractivity contribution in [2.24, 2.45) is 0 Å². The van der Waals surface area contributed by atoms with Crippen LogP contribution in [0.25, 0.3) is 10.8 Å². The van der Waals surface area contributed by atoms with Crippen molar-refractivity contribution >= 4 is 22.4 Å². The molecular formula is C16H15ClN2O3. The number of ether oxygens (including phenoxy) is 2. The molecule has 5 nitrogen and oxygen atoms in total. The predicted molar refractivity (Wildman–Crippen MR) is 81.6 cm³/mol. The van der Waals surface area contributed by atoms with Gasteiger partial charge in [0, 0.05) is 28.2 Å². The second-order valence-electron chi connectivity index (χ2n) is 5.52. The van der Waals surface area contributed by atoms with E-state index < -0.39 is 5.79 Å². The summed E-state index contributed by atoms with van der Waals surface area (Å²) in [5.74, 6) is -0.285. The normalized spacial score (nSPS) is 25.1. The molecule has 6 heteroatoms. The van der Waals surface area contributed by atoms with E-state index >= 15 is 0 Å². The van der Waals surface area contributed by atoms with Crippen molar-refractivity contribution in [3.05, 3.63) is 54.0 Å². The molecule has 0 bridgehead atoms. The summed E-state index contributed by atoms with van der Waals surface area (Å²) < 4.78 is 19.8. The maximum absolute atomic E-state index is 6.11. The lowest BCUT2D eigenvalue weighted by Gasteiger charge is -2.26. The van der Waals surface area contributed by atoms with E-state index in [0.717, 1.165) is 10.8 Å². The largest absolute Gasteiger partial charge is 0.462 e. The van der Waals surface area contributed by atoms with Gasteiger partial charge in [-0.05, 0) is 25.1 Å². The molecule has 114 valence electrons. The molecule has 0 spiro atoms. The average molecular weight is 319 g/mol. The van der Waals surface area contributed by atoms with Crippen LogP contribution >= 0.6 is 11.6 Å². The van der Waals surface area contributed by atoms with Gasteiger partial charge in [0.15, 0.2) is 5.76 Å². The number of benzene rings is 1. The van der Waals surface area contributed by atoms with Crippen LogP contribution in [0.2, 0.25) is 5.02 Å². The van der Waals surface area contributed by atoms with Crippen LogP contribution in [0, 0.1) is 0 Å². The van der Waals surface area contributed by atoms with E-state index in [1.54, 1.807) is 18.8 Å². The molecule has 0 amide bonds. The first-order valence-electron chi connectivity index (χ1n) is 7.11. The van der Waals surface area contributed by atoms with Gasteiger partial charge in [0.05, 0.1) is 31.8 Å². The van der Waals surface area contributed by atoms with Gasteiger partial charge in [-0.2, -0.15) is 0 Å². The van der Waals surface area contributed by atoms with Crippen molar-refractivity contribution in [1.29, 1.82) is 0 Å². The molecule has 1 saturated heterocycles. The van der Waals surface area contributed by atoms with Crippen LogP contribution in [-0.4, -0.2) is 22.3 Å². The topological polar surface area (TPSA) is 49.4 Å². The van der Waals surface area contributed by atoms with Gasteiger partial charge in [0.1, 0.15) is 0 Å². The summed E-state index contributed by atoms with van der Waals surface area (Å²) in [5.41, 5.74) is 0. The number of furan rings is 1. The minimum absolute atomic E-state index is 0.00373. The zero-order valence-corrected chi connectivity index (χ0v) is 12.8. The maximum atomic E-state index is 6.11. The van der Waals surface area contributed by atoms with E-state index in [0.29, 0.717) is 23.9 Å². The number of hydrogen-bond acceptors (Lipinski definition) is 4. The fraction of sp³-hybridized carbons (Fsp3) is 0.312. The highest BCUT2D eigenvalue weighted by Crippen LogP contribution is 2.40. The Hall–Kier alpha value is -1.82. The lowest BCUT2D eigenvalue weighted by molar-refractivity contribution is -0.196. The van der Waals surface area contributed by atoms with Gasteiger partial charge in [0.25, 0.3) is 0 Å². The summed E-state index contributed by atoms with van der Waals surface area (Å²) in [4.78, 5) is 4.07. The summed E-state index contributed by atoms with van der Waals surface area (Å²) in [7, 11) is 0. The van der Waals surface area contributed by atoms with Crippen LogP contribution in [-0.2, 0) is 21.8 Å². The first-order valence-corrected chi connectivity index (χ1v) is 7.49. The first kappa shape index (κ1) is 13.8. The first-order chi connectivity index (χ1) is 10.7. The third kappa shape index (κ3) is 2.22. The van der Waals surface area contributed by atoms with Crippen LogP contribution in [0.15, 0.2) is 47.6 Å². The lowest BCUT2D eigenvalue weighted by Crippen LogP contribution is -2.32. The van der Waals surface area contributed by atoms with Crippen molar-refractivity contribution in [2.75, 3.05) is 6.61 Å². The van der Waals surface area contributed by atoms with Crippen LogP contribution in [0.4, 0.5) is 0 Å². The van der Waals surface area contributed by atoms with Gasteiger partial charge in [-0.15, -0.1) is 0 Å². The van der Waals surface area contributed by atoms with Crippen molar-refractivity contribution in [1.82, 2.24) is 9.55 Å². The Bertz CT molecular complexity index is 799. The number of rotatable bonds is 3.